The lowest BCUT2D eigenvalue weighted by atomic mass is 9.91. The van der Waals surface area contributed by atoms with E-state index < -0.39 is 78.2 Å². The molecule has 51 heavy (non-hydrogen) atoms. The Morgan fingerprint density at radius 2 is 1.63 bits per heavy atom. The Morgan fingerprint density at radius 1 is 1.00 bits per heavy atom. The highest BCUT2D eigenvalue weighted by Gasteiger charge is 2.52. The molecule has 286 valence electrons. The number of hydrogen-bond acceptors (Lipinski definition) is 10. The average molecular weight is 829 g/mol. The molecule has 2 amide bonds. The van der Waals surface area contributed by atoms with Crippen LogP contribution in [-0.4, -0.2) is 88.5 Å². The maximum absolute atomic E-state index is 13.8. The monoisotopic (exact) mass is 828 g/mol. The minimum absolute atomic E-state index is 0.00420. The van der Waals surface area contributed by atoms with Gasteiger partial charge in [0.1, 0.15) is 30.0 Å². The summed E-state index contributed by atoms with van der Waals surface area (Å²) in [6.45, 7) is 10.4. The zero-order valence-electron chi connectivity index (χ0n) is 30.9. The Morgan fingerprint density at radius 3 is 2.18 bits per heavy atom. The SMILES string of the molecule is CCCCCC1(CCCCC)OC2C=C(C(=O)NC(C(=O)NC(CO)CCC(=O)OC(C)(C)C)C(C)O)CC(OC(=O)c3ccc(I)cc3)C2O1. The standard InChI is InChI=1S/C38H57IN2O10/c1-7-9-11-19-38(20-12-10-8-2)49-30-22-26(21-29(33(30)51-38)48-36(47)25-13-15-27(39)16-14-25)34(45)41-32(24(3)43)35(46)40-28(23-42)17-18-31(44)50-37(4,5)6/h13-16,22,24,28-30,32-33,42-43H,7-12,17-21,23H2,1-6H3,(H,40,46)(H,41,45). The molecule has 1 fully saturated rings. The van der Waals surface area contributed by atoms with Crippen LogP contribution in [0.4, 0.5) is 0 Å². The highest BCUT2D eigenvalue weighted by atomic mass is 127. The van der Waals surface area contributed by atoms with Crippen molar-refractivity contribution in [2.24, 2.45) is 0 Å². The van der Waals surface area contributed by atoms with Crippen molar-refractivity contribution in [3.8, 4) is 0 Å². The summed E-state index contributed by atoms with van der Waals surface area (Å²) in [7, 11) is 0. The van der Waals surface area contributed by atoms with Crippen molar-refractivity contribution < 1.29 is 48.3 Å². The lowest BCUT2D eigenvalue weighted by molar-refractivity contribution is -0.190. The fourth-order valence-electron chi connectivity index (χ4n) is 6.22. The molecule has 0 aromatic heterocycles. The van der Waals surface area contributed by atoms with E-state index in [0.29, 0.717) is 18.4 Å². The minimum atomic E-state index is -1.39. The predicted molar refractivity (Wildman–Crippen MR) is 200 cm³/mol. The van der Waals surface area contributed by atoms with E-state index >= 15 is 0 Å². The van der Waals surface area contributed by atoms with Crippen molar-refractivity contribution in [3.63, 3.8) is 0 Å². The number of carbonyl (C=O) groups is 4. The number of nitrogens with one attached hydrogen (secondary N) is 2. The van der Waals surface area contributed by atoms with Crippen molar-refractivity contribution in [1.29, 1.82) is 0 Å². The Balaban J connectivity index is 1.82. The number of hydrogen-bond donors (Lipinski definition) is 4. The predicted octanol–water partition coefficient (Wildman–Crippen LogP) is 5.25. The van der Waals surface area contributed by atoms with Crippen LogP contribution in [0, 0.1) is 3.57 Å². The van der Waals surface area contributed by atoms with Gasteiger partial charge in [0.2, 0.25) is 11.8 Å². The van der Waals surface area contributed by atoms with E-state index in [1.54, 1.807) is 51.1 Å². The third kappa shape index (κ3) is 13.4. The van der Waals surface area contributed by atoms with Crippen molar-refractivity contribution in [3.05, 3.63) is 45.0 Å². The molecule has 4 N–H and O–H groups in total. The molecule has 1 aromatic rings. The Bertz CT molecular complexity index is 1330. The smallest absolute Gasteiger partial charge is 0.338 e. The molecule has 6 unspecified atom stereocenters. The number of ether oxygens (including phenoxy) is 4. The Hall–Kier alpha value is -2.59. The van der Waals surface area contributed by atoms with Gasteiger partial charge in [0.25, 0.3) is 0 Å². The highest BCUT2D eigenvalue weighted by molar-refractivity contribution is 14.1. The Kier molecular flexibility index (Phi) is 16.8. The second kappa shape index (κ2) is 20.0. The van der Waals surface area contributed by atoms with Gasteiger partial charge < -0.3 is 39.8 Å². The van der Waals surface area contributed by atoms with Gasteiger partial charge in [-0.25, -0.2) is 4.79 Å². The zero-order chi connectivity index (χ0) is 37.8. The number of fused-ring (bicyclic) bond motifs is 1. The number of carbonyl (C=O) groups excluding carboxylic acids is 4. The second-order valence-corrected chi connectivity index (χ2v) is 15.8. The number of aliphatic hydroxyl groups is 2. The molecule has 1 saturated heterocycles. The summed E-state index contributed by atoms with van der Waals surface area (Å²) in [5, 5.41) is 25.7. The van der Waals surface area contributed by atoms with Crippen LogP contribution < -0.4 is 10.6 Å². The molecule has 6 atom stereocenters. The number of esters is 2. The number of amides is 2. The average Bonchev–Trinajstić information content (AvgIpc) is 3.43. The summed E-state index contributed by atoms with van der Waals surface area (Å²) < 4.78 is 25.6. The molecule has 0 radical (unpaired) electrons. The number of benzene rings is 1. The zero-order valence-corrected chi connectivity index (χ0v) is 33.0. The normalized spacial score (nSPS) is 21.4. The van der Waals surface area contributed by atoms with Crippen molar-refractivity contribution >= 4 is 46.3 Å². The van der Waals surface area contributed by atoms with Gasteiger partial charge in [0.15, 0.2) is 5.79 Å². The molecule has 0 spiro atoms. The Labute approximate surface area is 315 Å². The maximum atomic E-state index is 13.8. The summed E-state index contributed by atoms with van der Waals surface area (Å²) in [4.78, 5) is 52.7. The van der Waals surface area contributed by atoms with Crippen LogP contribution in [0.1, 0.15) is 123 Å². The van der Waals surface area contributed by atoms with Crippen LogP contribution in [-0.2, 0) is 33.3 Å². The van der Waals surface area contributed by atoms with Gasteiger partial charge in [-0.1, -0.05) is 39.5 Å². The van der Waals surface area contributed by atoms with E-state index in [2.05, 4.69) is 47.1 Å². The first-order chi connectivity index (χ1) is 24.1. The molecule has 3 rings (SSSR count). The summed E-state index contributed by atoms with van der Waals surface area (Å²) in [5.74, 6) is -3.30. The molecule has 0 saturated carbocycles. The number of rotatable bonds is 19. The fourth-order valence-corrected chi connectivity index (χ4v) is 6.57. The van der Waals surface area contributed by atoms with Crippen molar-refractivity contribution in [2.75, 3.05) is 6.61 Å². The van der Waals surface area contributed by atoms with Gasteiger partial charge in [-0.05, 0) is 99.9 Å². The van der Waals surface area contributed by atoms with E-state index in [1.807, 2.05) is 0 Å². The summed E-state index contributed by atoms with van der Waals surface area (Å²) in [5.41, 5.74) is -0.0939. The van der Waals surface area contributed by atoms with Gasteiger partial charge in [-0.2, -0.15) is 0 Å². The van der Waals surface area contributed by atoms with Crippen LogP contribution >= 0.6 is 22.6 Å². The minimum Gasteiger partial charge on any atom is -0.460 e. The largest absolute Gasteiger partial charge is 0.460 e. The van der Waals surface area contributed by atoms with E-state index in [1.165, 1.54) is 6.92 Å². The molecule has 2 aliphatic rings. The molecule has 0 bridgehead atoms. The third-order valence-corrected chi connectivity index (χ3v) is 9.59. The van der Waals surface area contributed by atoms with E-state index in [-0.39, 0.29) is 24.8 Å². The van der Waals surface area contributed by atoms with Gasteiger partial charge in [0, 0.05) is 34.8 Å². The van der Waals surface area contributed by atoms with Crippen LogP contribution in [0.25, 0.3) is 0 Å². The summed E-state index contributed by atoms with van der Waals surface area (Å²) in [6.07, 6.45) is 5.38. The van der Waals surface area contributed by atoms with Gasteiger partial charge in [-0.3, -0.25) is 14.4 Å². The van der Waals surface area contributed by atoms with E-state index in [4.69, 9.17) is 18.9 Å². The molecule has 13 heteroatoms. The van der Waals surface area contributed by atoms with Crippen LogP contribution in [0.2, 0.25) is 0 Å². The molecule has 1 aliphatic carbocycles. The van der Waals surface area contributed by atoms with Crippen LogP contribution in [0.5, 0.6) is 0 Å². The maximum Gasteiger partial charge on any atom is 0.338 e. The second-order valence-electron chi connectivity index (χ2n) is 14.5. The number of unbranched alkanes of at least 4 members (excludes halogenated alkanes) is 4. The van der Waals surface area contributed by atoms with Gasteiger partial charge in [-0.15, -0.1) is 0 Å². The van der Waals surface area contributed by atoms with Gasteiger partial charge in [0.05, 0.1) is 24.3 Å². The first kappa shape index (κ1) is 42.8. The lowest BCUT2D eigenvalue weighted by Crippen LogP contribution is -2.55. The molecule has 12 nitrogen and oxygen atoms in total. The van der Waals surface area contributed by atoms with E-state index in [9.17, 15) is 29.4 Å². The molecular weight excluding hydrogens is 771 g/mol. The van der Waals surface area contributed by atoms with Crippen molar-refractivity contribution in [1.82, 2.24) is 10.6 Å². The molecular formula is C38H57IN2O10. The lowest BCUT2D eigenvalue weighted by Gasteiger charge is -2.31. The van der Waals surface area contributed by atoms with Crippen LogP contribution in [0.15, 0.2) is 35.9 Å². The number of halogens is 1. The third-order valence-electron chi connectivity index (χ3n) is 8.87. The van der Waals surface area contributed by atoms with Crippen LogP contribution in [0.3, 0.4) is 0 Å². The van der Waals surface area contributed by atoms with E-state index in [0.717, 1.165) is 42.1 Å². The molecule has 1 heterocycles. The number of aliphatic hydroxyl groups excluding tert-OH is 2. The summed E-state index contributed by atoms with van der Waals surface area (Å²) in [6, 6.07) is 4.77. The quantitative estimate of drug-likeness (QED) is 0.0821. The summed E-state index contributed by atoms with van der Waals surface area (Å²) >= 11 is 2.16. The van der Waals surface area contributed by atoms with Gasteiger partial charge >= 0.3 is 11.9 Å². The fraction of sp³-hybridized carbons (Fsp3) is 0.684. The molecule has 1 aliphatic heterocycles. The first-order valence-electron chi connectivity index (χ1n) is 18.2. The topological polar surface area (TPSA) is 170 Å². The first-order valence-corrected chi connectivity index (χ1v) is 19.3. The highest BCUT2D eigenvalue weighted by Crippen LogP contribution is 2.43. The van der Waals surface area contributed by atoms with Crippen molar-refractivity contribution in [2.45, 2.75) is 160 Å². The molecule has 1 aromatic carbocycles.